The zero-order chi connectivity index (χ0) is 13.0. The second-order valence-electron chi connectivity index (χ2n) is 4.52. The lowest BCUT2D eigenvalue weighted by Gasteiger charge is -2.19. The summed E-state index contributed by atoms with van der Waals surface area (Å²) >= 11 is 2.01. The van der Waals surface area contributed by atoms with E-state index in [-0.39, 0.29) is 5.56 Å². The molecule has 4 nitrogen and oxygen atoms in total. The molecule has 1 aliphatic carbocycles. The van der Waals surface area contributed by atoms with Gasteiger partial charge in [0.1, 0.15) is 12.0 Å². The Hall–Kier alpha value is -0.940. The van der Waals surface area contributed by atoms with Crippen molar-refractivity contribution >= 4 is 17.7 Å². The molecule has 0 amide bonds. The normalized spacial score (nSPS) is 23.4. The van der Waals surface area contributed by atoms with E-state index >= 15 is 0 Å². The molecule has 1 aliphatic rings. The van der Waals surface area contributed by atoms with Crippen LogP contribution in [0.4, 0.5) is 0 Å². The smallest absolute Gasteiger partial charge is 0.338 e. The molecular formula is C13H19NO3S. The predicted octanol–water partition coefficient (Wildman–Crippen LogP) is 2.74. The molecule has 100 valence electrons. The number of carbonyl (C=O) groups is 1. The van der Waals surface area contributed by atoms with Gasteiger partial charge < -0.3 is 14.8 Å². The molecule has 0 radical (unpaired) electrons. The number of nitrogens with one attached hydrogen (secondary N) is 1. The summed E-state index contributed by atoms with van der Waals surface area (Å²) in [5, 5.41) is 13.0. The molecule has 0 spiro atoms. The van der Waals surface area contributed by atoms with Crippen LogP contribution in [0.3, 0.4) is 0 Å². The fourth-order valence-corrected chi connectivity index (χ4v) is 3.62. The van der Waals surface area contributed by atoms with Gasteiger partial charge in [-0.15, -0.1) is 0 Å². The molecule has 1 heterocycles. The lowest BCUT2D eigenvalue weighted by atomic mass is 10.2. The molecule has 5 heteroatoms. The Balaban J connectivity index is 1.84. The van der Waals surface area contributed by atoms with Crippen molar-refractivity contribution in [3.05, 3.63) is 23.7 Å². The number of aromatic carboxylic acids is 1. The van der Waals surface area contributed by atoms with Gasteiger partial charge in [-0.05, 0) is 24.7 Å². The molecule has 1 aromatic heterocycles. The van der Waals surface area contributed by atoms with E-state index in [1.165, 1.54) is 25.5 Å². The van der Waals surface area contributed by atoms with Crippen LogP contribution in [-0.2, 0) is 6.54 Å². The van der Waals surface area contributed by atoms with E-state index in [1.54, 1.807) is 6.07 Å². The Labute approximate surface area is 111 Å². The van der Waals surface area contributed by atoms with Crippen LogP contribution >= 0.6 is 11.8 Å². The van der Waals surface area contributed by atoms with E-state index in [0.717, 1.165) is 5.75 Å². The maximum Gasteiger partial charge on any atom is 0.338 e. The summed E-state index contributed by atoms with van der Waals surface area (Å²) in [5.74, 6) is 0.900. The average Bonchev–Trinajstić information content (AvgIpc) is 2.95. The molecule has 0 saturated heterocycles. The van der Waals surface area contributed by atoms with Crippen molar-refractivity contribution in [1.29, 1.82) is 0 Å². The fraction of sp³-hybridized carbons (Fsp3) is 0.615. The van der Waals surface area contributed by atoms with Gasteiger partial charge in [-0.2, -0.15) is 11.8 Å². The Morgan fingerprint density at radius 2 is 2.44 bits per heavy atom. The zero-order valence-electron chi connectivity index (χ0n) is 10.5. The number of hydrogen-bond donors (Lipinski definition) is 2. The molecule has 18 heavy (non-hydrogen) atoms. The van der Waals surface area contributed by atoms with E-state index in [2.05, 4.69) is 12.2 Å². The van der Waals surface area contributed by atoms with Crippen molar-refractivity contribution in [1.82, 2.24) is 5.32 Å². The van der Waals surface area contributed by atoms with Crippen LogP contribution in [0.2, 0.25) is 0 Å². The minimum Gasteiger partial charge on any atom is -0.478 e. The third-order valence-electron chi connectivity index (χ3n) is 3.27. The monoisotopic (exact) mass is 269 g/mol. The first-order chi connectivity index (χ1) is 8.70. The van der Waals surface area contributed by atoms with Crippen LogP contribution in [0, 0.1) is 0 Å². The molecule has 2 unspecified atom stereocenters. The summed E-state index contributed by atoms with van der Waals surface area (Å²) in [7, 11) is 0. The molecular weight excluding hydrogens is 250 g/mol. The van der Waals surface area contributed by atoms with E-state index in [9.17, 15) is 4.79 Å². The molecule has 1 fully saturated rings. The van der Waals surface area contributed by atoms with Gasteiger partial charge in [0.05, 0.1) is 12.1 Å². The molecule has 1 saturated carbocycles. The van der Waals surface area contributed by atoms with Crippen molar-refractivity contribution in [2.45, 2.75) is 44.0 Å². The van der Waals surface area contributed by atoms with Gasteiger partial charge in [-0.25, -0.2) is 4.79 Å². The van der Waals surface area contributed by atoms with Gasteiger partial charge in [0.15, 0.2) is 0 Å². The zero-order valence-corrected chi connectivity index (χ0v) is 11.3. The van der Waals surface area contributed by atoms with E-state index in [4.69, 9.17) is 9.52 Å². The van der Waals surface area contributed by atoms with Crippen molar-refractivity contribution in [3.8, 4) is 0 Å². The lowest BCUT2D eigenvalue weighted by Crippen LogP contribution is -2.33. The number of carboxylic acid groups (broad SMARTS) is 1. The van der Waals surface area contributed by atoms with Gasteiger partial charge in [-0.3, -0.25) is 0 Å². The molecule has 0 aliphatic heterocycles. The standard InChI is InChI=1S/C13H19NO3S/c1-2-18-12-5-3-4-11(12)14-7-10-6-9(8-17-10)13(15)16/h6,8,11-12,14H,2-5,7H2,1H3,(H,15,16). The van der Waals surface area contributed by atoms with Crippen LogP contribution in [-0.4, -0.2) is 28.1 Å². The van der Waals surface area contributed by atoms with E-state index in [0.29, 0.717) is 23.6 Å². The first kappa shape index (κ1) is 13.5. The van der Waals surface area contributed by atoms with Gasteiger partial charge in [0.2, 0.25) is 0 Å². The Kier molecular flexibility index (Phi) is 4.72. The molecule has 2 rings (SSSR count). The summed E-state index contributed by atoms with van der Waals surface area (Å²) in [6, 6.07) is 2.11. The number of hydrogen-bond acceptors (Lipinski definition) is 4. The van der Waals surface area contributed by atoms with Crippen molar-refractivity contribution in [2.75, 3.05) is 5.75 Å². The minimum atomic E-state index is -0.940. The number of thioether (sulfide) groups is 1. The largest absolute Gasteiger partial charge is 0.478 e. The average molecular weight is 269 g/mol. The highest BCUT2D eigenvalue weighted by Gasteiger charge is 2.26. The lowest BCUT2D eigenvalue weighted by molar-refractivity contribution is 0.0696. The fourth-order valence-electron chi connectivity index (χ4n) is 2.39. The Bertz CT molecular complexity index is 405. The molecule has 0 aromatic carbocycles. The van der Waals surface area contributed by atoms with Crippen molar-refractivity contribution in [3.63, 3.8) is 0 Å². The minimum absolute atomic E-state index is 0.220. The summed E-state index contributed by atoms with van der Waals surface area (Å²) < 4.78 is 5.23. The van der Waals surface area contributed by atoms with Gasteiger partial charge in [0, 0.05) is 11.3 Å². The number of carboxylic acids is 1. The van der Waals surface area contributed by atoms with Crippen molar-refractivity contribution < 1.29 is 14.3 Å². The highest BCUT2D eigenvalue weighted by molar-refractivity contribution is 7.99. The second kappa shape index (κ2) is 6.29. The summed E-state index contributed by atoms with van der Waals surface area (Å²) in [4.78, 5) is 10.7. The quantitative estimate of drug-likeness (QED) is 0.831. The molecule has 2 N–H and O–H groups in total. The van der Waals surface area contributed by atoms with Crippen LogP contribution in [0.1, 0.15) is 42.3 Å². The topological polar surface area (TPSA) is 62.5 Å². The Morgan fingerprint density at radius 3 is 3.11 bits per heavy atom. The highest BCUT2D eigenvalue weighted by atomic mass is 32.2. The van der Waals surface area contributed by atoms with Gasteiger partial charge in [-0.1, -0.05) is 13.3 Å². The first-order valence-electron chi connectivity index (χ1n) is 6.36. The number of furan rings is 1. The first-order valence-corrected chi connectivity index (χ1v) is 7.41. The highest BCUT2D eigenvalue weighted by Crippen LogP contribution is 2.30. The Morgan fingerprint density at radius 1 is 1.61 bits per heavy atom. The SMILES string of the molecule is CCSC1CCCC1NCc1cc(C(=O)O)co1. The van der Waals surface area contributed by atoms with Crippen LogP contribution in [0.25, 0.3) is 0 Å². The van der Waals surface area contributed by atoms with E-state index in [1.807, 2.05) is 11.8 Å². The third kappa shape index (κ3) is 3.29. The predicted molar refractivity (Wildman–Crippen MR) is 72.1 cm³/mol. The summed E-state index contributed by atoms with van der Waals surface area (Å²) in [6.07, 6.45) is 5.04. The third-order valence-corrected chi connectivity index (χ3v) is 4.60. The number of rotatable bonds is 6. The second-order valence-corrected chi connectivity index (χ2v) is 6.04. The van der Waals surface area contributed by atoms with Gasteiger partial charge >= 0.3 is 5.97 Å². The molecule has 0 bridgehead atoms. The maximum absolute atomic E-state index is 10.7. The maximum atomic E-state index is 10.7. The van der Waals surface area contributed by atoms with E-state index < -0.39 is 5.97 Å². The van der Waals surface area contributed by atoms with Crippen LogP contribution in [0.5, 0.6) is 0 Å². The summed E-state index contributed by atoms with van der Waals surface area (Å²) in [5.41, 5.74) is 0.220. The van der Waals surface area contributed by atoms with Gasteiger partial charge in [0.25, 0.3) is 0 Å². The summed E-state index contributed by atoms with van der Waals surface area (Å²) in [6.45, 7) is 2.80. The van der Waals surface area contributed by atoms with Crippen LogP contribution < -0.4 is 5.32 Å². The molecule has 2 atom stereocenters. The molecule has 1 aromatic rings. The van der Waals surface area contributed by atoms with Crippen molar-refractivity contribution in [2.24, 2.45) is 0 Å². The van der Waals surface area contributed by atoms with Crippen LogP contribution in [0.15, 0.2) is 16.7 Å².